The molecule has 0 aliphatic carbocycles. The van der Waals surface area contributed by atoms with Crippen LogP contribution in [0.2, 0.25) is 0 Å². The molecule has 2 N–H and O–H groups in total. The van der Waals surface area contributed by atoms with Crippen LogP contribution >= 0.6 is 0 Å². The lowest BCUT2D eigenvalue weighted by atomic mass is 10.1. The SMILES string of the molecule is CNC(C)(C)CNCc1cc(OC)c(C)cc1OC. The fraction of sp³-hybridized carbons (Fsp3) is 0.600. The summed E-state index contributed by atoms with van der Waals surface area (Å²) in [7, 11) is 5.36. The Morgan fingerprint density at radius 3 is 2.26 bits per heavy atom. The molecule has 1 aromatic rings. The van der Waals surface area contributed by atoms with Crippen LogP contribution in [-0.4, -0.2) is 33.4 Å². The molecule has 0 bridgehead atoms. The van der Waals surface area contributed by atoms with Crippen molar-refractivity contribution in [2.45, 2.75) is 32.9 Å². The quantitative estimate of drug-likeness (QED) is 0.793. The van der Waals surface area contributed by atoms with Gasteiger partial charge in [0.1, 0.15) is 11.5 Å². The zero-order valence-electron chi connectivity index (χ0n) is 12.9. The van der Waals surface area contributed by atoms with Crippen LogP contribution in [0.3, 0.4) is 0 Å². The van der Waals surface area contributed by atoms with E-state index in [0.29, 0.717) is 0 Å². The van der Waals surface area contributed by atoms with Gasteiger partial charge in [-0.3, -0.25) is 0 Å². The van der Waals surface area contributed by atoms with E-state index >= 15 is 0 Å². The van der Waals surface area contributed by atoms with E-state index < -0.39 is 0 Å². The van der Waals surface area contributed by atoms with Gasteiger partial charge in [0.25, 0.3) is 0 Å². The third-order valence-electron chi connectivity index (χ3n) is 3.36. The highest BCUT2D eigenvalue weighted by atomic mass is 16.5. The molecule has 4 heteroatoms. The number of rotatable bonds is 7. The summed E-state index contributed by atoms with van der Waals surface area (Å²) in [5.41, 5.74) is 2.26. The molecule has 108 valence electrons. The van der Waals surface area contributed by atoms with E-state index in [4.69, 9.17) is 9.47 Å². The van der Waals surface area contributed by atoms with Gasteiger partial charge in [-0.2, -0.15) is 0 Å². The Kier molecular flexibility index (Phi) is 5.63. The van der Waals surface area contributed by atoms with E-state index in [0.717, 1.165) is 35.7 Å². The molecule has 0 heterocycles. The Hall–Kier alpha value is -1.26. The lowest BCUT2D eigenvalue weighted by Gasteiger charge is -2.24. The Bertz CT molecular complexity index is 417. The van der Waals surface area contributed by atoms with E-state index in [1.165, 1.54) is 0 Å². The third-order valence-corrected chi connectivity index (χ3v) is 3.36. The molecule has 0 unspecified atom stereocenters. The number of hydrogen-bond donors (Lipinski definition) is 2. The van der Waals surface area contributed by atoms with E-state index in [-0.39, 0.29) is 5.54 Å². The van der Waals surface area contributed by atoms with Crippen molar-refractivity contribution < 1.29 is 9.47 Å². The summed E-state index contributed by atoms with van der Waals surface area (Å²) < 4.78 is 10.8. The lowest BCUT2D eigenvalue weighted by molar-refractivity contribution is 0.380. The molecule has 0 fully saturated rings. The first-order valence-electron chi connectivity index (χ1n) is 6.54. The lowest BCUT2D eigenvalue weighted by Crippen LogP contribution is -2.45. The number of likely N-dealkylation sites (N-methyl/N-ethyl adjacent to an activating group) is 1. The molecule has 0 aromatic heterocycles. The molecular weight excluding hydrogens is 240 g/mol. The number of ether oxygens (including phenoxy) is 2. The van der Waals surface area contributed by atoms with Gasteiger partial charge >= 0.3 is 0 Å². The van der Waals surface area contributed by atoms with Crippen LogP contribution in [0.15, 0.2) is 12.1 Å². The van der Waals surface area contributed by atoms with Crippen molar-refractivity contribution in [3.63, 3.8) is 0 Å². The average molecular weight is 266 g/mol. The van der Waals surface area contributed by atoms with Gasteiger partial charge in [0.05, 0.1) is 14.2 Å². The molecule has 4 nitrogen and oxygen atoms in total. The maximum Gasteiger partial charge on any atom is 0.123 e. The predicted molar refractivity (Wildman–Crippen MR) is 79.1 cm³/mol. The van der Waals surface area contributed by atoms with Crippen molar-refractivity contribution in [2.24, 2.45) is 0 Å². The molecule has 1 aromatic carbocycles. The molecular formula is C15H26N2O2. The van der Waals surface area contributed by atoms with E-state index in [9.17, 15) is 0 Å². The van der Waals surface area contributed by atoms with Crippen molar-refractivity contribution in [3.05, 3.63) is 23.3 Å². The first-order valence-corrected chi connectivity index (χ1v) is 6.54. The van der Waals surface area contributed by atoms with E-state index in [1.54, 1.807) is 14.2 Å². The molecule has 0 spiro atoms. The highest BCUT2D eigenvalue weighted by Crippen LogP contribution is 2.28. The van der Waals surface area contributed by atoms with Crippen LogP contribution in [-0.2, 0) is 6.54 Å². The second kappa shape index (κ2) is 6.78. The Morgan fingerprint density at radius 2 is 1.74 bits per heavy atom. The van der Waals surface area contributed by atoms with Crippen molar-refractivity contribution in [3.8, 4) is 11.5 Å². The van der Waals surface area contributed by atoms with Gasteiger partial charge in [-0.15, -0.1) is 0 Å². The number of nitrogens with one attached hydrogen (secondary N) is 2. The summed E-state index contributed by atoms with van der Waals surface area (Å²) in [4.78, 5) is 0. The standard InChI is InChI=1S/C15H26N2O2/c1-11-7-14(19-6)12(8-13(11)18-5)9-17-10-15(2,3)16-4/h7-8,16-17H,9-10H2,1-6H3. The summed E-state index contributed by atoms with van der Waals surface area (Å²) in [6.45, 7) is 7.97. The second-order valence-corrected chi connectivity index (χ2v) is 5.37. The highest BCUT2D eigenvalue weighted by Gasteiger charge is 2.14. The van der Waals surface area contributed by atoms with Gasteiger partial charge in [-0.25, -0.2) is 0 Å². The second-order valence-electron chi connectivity index (χ2n) is 5.37. The first kappa shape index (κ1) is 15.8. The van der Waals surface area contributed by atoms with E-state index in [2.05, 4.69) is 24.5 Å². The summed E-state index contributed by atoms with van der Waals surface area (Å²) >= 11 is 0. The maximum atomic E-state index is 5.42. The Morgan fingerprint density at radius 1 is 1.11 bits per heavy atom. The van der Waals surface area contributed by atoms with Crippen LogP contribution in [0.25, 0.3) is 0 Å². The monoisotopic (exact) mass is 266 g/mol. The van der Waals surface area contributed by atoms with Crippen LogP contribution in [0.4, 0.5) is 0 Å². The largest absolute Gasteiger partial charge is 0.496 e. The summed E-state index contributed by atoms with van der Waals surface area (Å²) in [5, 5.41) is 6.71. The van der Waals surface area contributed by atoms with Crippen LogP contribution in [0.5, 0.6) is 11.5 Å². The number of aryl methyl sites for hydroxylation is 1. The fourth-order valence-corrected chi connectivity index (χ4v) is 1.85. The predicted octanol–water partition coefficient (Wildman–Crippen LogP) is 2.10. The smallest absolute Gasteiger partial charge is 0.123 e. The summed E-state index contributed by atoms with van der Waals surface area (Å²) in [5.74, 6) is 1.79. The summed E-state index contributed by atoms with van der Waals surface area (Å²) in [6.07, 6.45) is 0. The zero-order chi connectivity index (χ0) is 14.5. The molecule has 0 aliphatic rings. The average Bonchev–Trinajstić information content (AvgIpc) is 2.39. The topological polar surface area (TPSA) is 42.5 Å². The van der Waals surface area contributed by atoms with Crippen molar-refractivity contribution in [2.75, 3.05) is 27.8 Å². The van der Waals surface area contributed by atoms with Crippen LogP contribution in [0, 0.1) is 6.92 Å². The molecule has 19 heavy (non-hydrogen) atoms. The van der Waals surface area contributed by atoms with Gasteiger partial charge in [0.15, 0.2) is 0 Å². The number of methoxy groups -OCH3 is 2. The molecule has 1 rings (SSSR count). The van der Waals surface area contributed by atoms with Gasteiger partial charge in [0, 0.05) is 24.2 Å². The normalized spacial score (nSPS) is 11.5. The molecule has 0 saturated heterocycles. The third kappa shape index (κ3) is 4.40. The zero-order valence-corrected chi connectivity index (χ0v) is 12.9. The highest BCUT2D eigenvalue weighted by molar-refractivity contribution is 5.45. The minimum absolute atomic E-state index is 0.0714. The van der Waals surface area contributed by atoms with Crippen molar-refractivity contribution >= 4 is 0 Å². The maximum absolute atomic E-state index is 5.42. The van der Waals surface area contributed by atoms with Crippen LogP contribution < -0.4 is 20.1 Å². The Labute approximate surface area is 116 Å². The van der Waals surface area contributed by atoms with Crippen molar-refractivity contribution in [1.82, 2.24) is 10.6 Å². The molecule has 0 atom stereocenters. The van der Waals surface area contributed by atoms with Gasteiger partial charge in [-0.1, -0.05) is 0 Å². The molecule has 0 saturated carbocycles. The minimum Gasteiger partial charge on any atom is -0.496 e. The minimum atomic E-state index is 0.0714. The van der Waals surface area contributed by atoms with Crippen molar-refractivity contribution in [1.29, 1.82) is 0 Å². The Balaban J connectivity index is 2.77. The first-order chi connectivity index (χ1) is 8.93. The molecule has 0 amide bonds. The van der Waals surface area contributed by atoms with E-state index in [1.807, 2.05) is 26.1 Å². The number of hydrogen-bond acceptors (Lipinski definition) is 4. The fourth-order valence-electron chi connectivity index (χ4n) is 1.85. The number of benzene rings is 1. The van der Waals surface area contributed by atoms with Crippen LogP contribution in [0.1, 0.15) is 25.0 Å². The molecule has 0 aliphatic heterocycles. The molecule has 0 radical (unpaired) electrons. The van der Waals surface area contributed by atoms with Gasteiger partial charge < -0.3 is 20.1 Å². The summed E-state index contributed by atoms with van der Waals surface area (Å²) in [6, 6.07) is 4.05. The van der Waals surface area contributed by atoms with Gasteiger partial charge in [-0.05, 0) is 45.5 Å². The van der Waals surface area contributed by atoms with Gasteiger partial charge in [0.2, 0.25) is 0 Å².